The number of rotatable bonds is 4. The smallest absolute Gasteiger partial charge is 0.223 e. The summed E-state index contributed by atoms with van der Waals surface area (Å²) in [5.41, 5.74) is -0.534. The summed E-state index contributed by atoms with van der Waals surface area (Å²) in [4.78, 5) is 7.38. The molecule has 8 heteroatoms. The van der Waals surface area contributed by atoms with Gasteiger partial charge in [-0.3, -0.25) is 0 Å². The first-order valence-corrected chi connectivity index (χ1v) is 9.19. The Hall–Kier alpha value is -2.74. The zero-order valence-electron chi connectivity index (χ0n) is 13.3. The highest BCUT2D eigenvalue weighted by atomic mass is 32.2. The molecule has 0 atom stereocenters. The van der Waals surface area contributed by atoms with E-state index in [1.165, 1.54) is 12.1 Å². The molecule has 0 aliphatic rings. The van der Waals surface area contributed by atoms with Gasteiger partial charge in [0.05, 0.1) is 5.75 Å². The lowest BCUT2D eigenvalue weighted by atomic mass is 10.2. The number of nitrogens with zero attached hydrogens (tertiary/aromatic N) is 2. The van der Waals surface area contributed by atoms with E-state index in [0.717, 1.165) is 0 Å². The molecule has 1 heterocycles. The molecule has 0 bridgehead atoms. The Balaban J connectivity index is 2.11. The third-order valence-corrected chi connectivity index (χ3v) is 5.10. The predicted molar refractivity (Wildman–Crippen MR) is 89.8 cm³/mol. The van der Waals surface area contributed by atoms with Crippen molar-refractivity contribution in [1.82, 2.24) is 9.97 Å². The number of hydrogen-bond donors (Lipinski definition) is 0. The summed E-state index contributed by atoms with van der Waals surface area (Å²) in [5.74, 6) is -0.733. The van der Waals surface area contributed by atoms with Crippen LogP contribution in [0.3, 0.4) is 0 Å². The number of hydrogen-bond acceptors (Lipinski definition) is 4. The lowest BCUT2D eigenvalue weighted by Gasteiger charge is -2.11. The van der Waals surface area contributed by atoms with Crippen molar-refractivity contribution in [3.05, 3.63) is 78.0 Å². The van der Waals surface area contributed by atoms with Gasteiger partial charge in [0.15, 0.2) is 20.7 Å². The highest BCUT2D eigenvalue weighted by molar-refractivity contribution is 7.90. The van der Waals surface area contributed by atoms with Gasteiger partial charge in [-0.2, -0.15) is 13.2 Å². The topological polar surface area (TPSA) is 59.9 Å². The predicted octanol–water partition coefficient (Wildman–Crippen LogP) is 4.14. The fraction of sp³-hybridized carbons (Fsp3) is 0.111. The van der Waals surface area contributed by atoms with Crippen molar-refractivity contribution >= 4 is 9.84 Å². The zero-order valence-corrected chi connectivity index (χ0v) is 14.1. The van der Waals surface area contributed by atoms with Gasteiger partial charge >= 0.3 is 6.18 Å². The molecule has 0 aliphatic carbocycles. The van der Waals surface area contributed by atoms with Crippen molar-refractivity contribution in [2.24, 2.45) is 0 Å². The van der Waals surface area contributed by atoms with Crippen molar-refractivity contribution in [3.63, 3.8) is 0 Å². The van der Waals surface area contributed by atoms with Crippen LogP contribution in [0.1, 0.15) is 11.3 Å². The van der Waals surface area contributed by atoms with Gasteiger partial charge in [0.1, 0.15) is 5.69 Å². The van der Waals surface area contributed by atoms with Gasteiger partial charge in [0.2, 0.25) is 0 Å². The Labute approximate surface area is 148 Å². The lowest BCUT2D eigenvalue weighted by molar-refractivity contribution is -0.141. The van der Waals surface area contributed by atoms with E-state index < -0.39 is 32.5 Å². The number of aromatic nitrogens is 2. The molecule has 0 unspecified atom stereocenters. The molecule has 0 saturated carbocycles. The first-order chi connectivity index (χ1) is 12.3. The molecule has 0 amide bonds. The van der Waals surface area contributed by atoms with E-state index in [9.17, 15) is 21.6 Å². The second-order valence-corrected chi connectivity index (χ2v) is 7.46. The van der Waals surface area contributed by atoms with E-state index in [1.54, 1.807) is 48.5 Å². The van der Waals surface area contributed by atoms with Gasteiger partial charge in [-0.1, -0.05) is 60.7 Å². The average Bonchev–Trinajstić information content (AvgIpc) is 2.62. The van der Waals surface area contributed by atoms with E-state index in [0.29, 0.717) is 17.2 Å². The second-order valence-electron chi connectivity index (χ2n) is 5.52. The van der Waals surface area contributed by atoms with Gasteiger partial charge in [-0.25, -0.2) is 18.4 Å². The summed E-state index contributed by atoms with van der Waals surface area (Å²) in [6, 6.07) is 16.6. The van der Waals surface area contributed by atoms with Gasteiger partial charge in [0.25, 0.3) is 0 Å². The Bertz CT molecular complexity index is 1010. The quantitative estimate of drug-likeness (QED) is 0.641. The molecule has 0 spiro atoms. The monoisotopic (exact) mass is 378 g/mol. The maximum Gasteiger partial charge on any atom is 0.433 e. The molecule has 0 fully saturated rings. The summed E-state index contributed by atoms with van der Waals surface area (Å²) in [6.45, 7) is 0. The van der Waals surface area contributed by atoms with Crippen molar-refractivity contribution in [3.8, 4) is 11.4 Å². The summed E-state index contributed by atoms with van der Waals surface area (Å²) in [6.07, 6.45) is -4.79. The van der Waals surface area contributed by atoms with Crippen LogP contribution in [0.15, 0.2) is 71.8 Å². The first kappa shape index (κ1) is 18.1. The molecule has 2 aromatic carbocycles. The molecule has 0 N–H and O–H groups in total. The summed E-state index contributed by atoms with van der Waals surface area (Å²) in [7, 11) is -4.08. The van der Waals surface area contributed by atoms with Gasteiger partial charge in [-0.15, -0.1) is 0 Å². The van der Waals surface area contributed by atoms with E-state index in [1.807, 2.05) is 0 Å². The van der Waals surface area contributed by atoms with Crippen LogP contribution < -0.4 is 0 Å². The average molecular weight is 378 g/mol. The minimum atomic E-state index is -4.79. The third kappa shape index (κ3) is 4.08. The fourth-order valence-corrected chi connectivity index (χ4v) is 3.61. The molecule has 3 aromatic rings. The Morgan fingerprint density at radius 3 is 2.00 bits per heavy atom. The molecule has 134 valence electrons. The molecular weight excluding hydrogens is 365 g/mol. The normalized spacial score (nSPS) is 12.1. The maximum absolute atomic E-state index is 13.2. The van der Waals surface area contributed by atoms with Crippen LogP contribution in [-0.2, 0) is 21.8 Å². The van der Waals surface area contributed by atoms with Gasteiger partial charge in [-0.05, 0) is 5.56 Å². The van der Waals surface area contributed by atoms with Crippen molar-refractivity contribution < 1.29 is 21.6 Å². The highest BCUT2D eigenvalue weighted by Crippen LogP contribution is 2.31. The number of alkyl halides is 3. The molecular formula is C18H13F3N2O2S. The van der Waals surface area contributed by atoms with Crippen LogP contribution in [0.4, 0.5) is 13.2 Å². The largest absolute Gasteiger partial charge is 0.433 e. The van der Waals surface area contributed by atoms with Crippen molar-refractivity contribution in [2.45, 2.75) is 17.0 Å². The first-order valence-electron chi connectivity index (χ1n) is 7.54. The van der Waals surface area contributed by atoms with E-state index in [2.05, 4.69) is 9.97 Å². The molecule has 4 nitrogen and oxygen atoms in total. The second kappa shape index (κ2) is 6.87. The lowest BCUT2D eigenvalue weighted by Crippen LogP contribution is -2.14. The number of benzene rings is 2. The van der Waals surface area contributed by atoms with E-state index >= 15 is 0 Å². The molecule has 0 radical (unpaired) electrons. The van der Waals surface area contributed by atoms with Gasteiger partial charge < -0.3 is 0 Å². The number of halogens is 3. The van der Waals surface area contributed by atoms with Crippen LogP contribution in [-0.4, -0.2) is 18.4 Å². The summed E-state index contributed by atoms with van der Waals surface area (Å²) in [5, 5.41) is -0.650. The van der Waals surface area contributed by atoms with Crippen LogP contribution in [0.2, 0.25) is 0 Å². The van der Waals surface area contributed by atoms with E-state index in [-0.39, 0.29) is 5.82 Å². The van der Waals surface area contributed by atoms with E-state index in [4.69, 9.17) is 0 Å². The Morgan fingerprint density at radius 2 is 1.42 bits per heavy atom. The van der Waals surface area contributed by atoms with Crippen LogP contribution in [0.5, 0.6) is 0 Å². The number of sulfone groups is 1. The zero-order chi connectivity index (χ0) is 18.8. The molecule has 0 aliphatic heterocycles. The Kier molecular flexibility index (Phi) is 4.78. The minimum Gasteiger partial charge on any atom is -0.223 e. The maximum atomic E-state index is 13.2. The molecule has 1 aromatic heterocycles. The molecule has 3 rings (SSSR count). The van der Waals surface area contributed by atoms with Gasteiger partial charge in [0, 0.05) is 11.6 Å². The Morgan fingerprint density at radius 1 is 0.846 bits per heavy atom. The van der Waals surface area contributed by atoms with Crippen LogP contribution in [0.25, 0.3) is 11.4 Å². The summed E-state index contributed by atoms with van der Waals surface area (Å²) < 4.78 is 64.8. The van der Waals surface area contributed by atoms with Crippen molar-refractivity contribution in [2.75, 3.05) is 0 Å². The standard InChI is InChI=1S/C18H13F3N2O2S/c19-18(20,21)15-11-16(23-17(22-15)14-9-5-2-6-10-14)26(24,25)12-13-7-3-1-4-8-13/h1-11H,12H2. The minimum absolute atomic E-state index is 0.285. The fourth-order valence-electron chi connectivity index (χ4n) is 2.31. The van der Waals surface area contributed by atoms with Crippen molar-refractivity contribution in [1.29, 1.82) is 0 Å². The van der Waals surface area contributed by atoms with Crippen LogP contribution in [0, 0.1) is 0 Å². The molecule has 0 saturated heterocycles. The molecule has 26 heavy (non-hydrogen) atoms. The third-order valence-electron chi connectivity index (χ3n) is 3.54. The van der Waals surface area contributed by atoms with Crippen LogP contribution >= 0.6 is 0 Å². The highest BCUT2D eigenvalue weighted by Gasteiger charge is 2.35. The summed E-state index contributed by atoms with van der Waals surface area (Å²) >= 11 is 0. The SMILES string of the molecule is O=S(=O)(Cc1ccccc1)c1cc(C(F)(F)F)nc(-c2ccccc2)n1.